The van der Waals surface area contributed by atoms with E-state index in [0.29, 0.717) is 6.42 Å². The van der Waals surface area contributed by atoms with Crippen molar-refractivity contribution in [2.24, 2.45) is 4.99 Å². The topological polar surface area (TPSA) is 34.4 Å². The van der Waals surface area contributed by atoms with Crippen LogP contribution in [0.1, 0.15) is 36.1 Å². The van der Waals surface area contributed by atoms with Gasteiger partial charge in [0.1, 0.15) is 0 Å². The van der Waals surface area contributed by atoms with E-state index in [-0.39, 0.29) is 5.91 Å². The molecule has 0 N–H and O–H groups in total. The largest absolute Gasteiger partial charge is 0.317 e. The number of thiazole rings is 1. The molecule has 0 saturated heterocycles. The number of hydrogen-bond donors (Lipinski definition) is 0. The summed E-state index contributed by atoms with van der Waals surface area (Å²) in [6.07, 6.45) is 1.36. The van der Waals surface area contributed by atoms with Crippen LogP contribution in [0.4, 0.5) is 0 Å². The highest BCUT2D eigenvalue weighted by Crippen LogP contribution is 2.22. The molecule has 3 aromatic rings. The van der Waals surface area contributed by atoms with E-state index in [0.717, 1.165) is 28.8 Å². The van der Waals surface area contributed by atoms with Gasteiger partial charge in [-0.2, -0.15) is 4.99 Å². The van der Waals surface area contributed by atoms with E-state index in [9.17, 15) is 4.79 Å². The first-order valence-corrected chi connectivity index (χ1v) is 9.59. The van der Waals surface area contributed by atoms with E-state index in [4.69, 9.17) is 0 Å². The average molecular weight is 353 g/mol. The molecule has 0 aliphatic rings. The Bertz CT molecular complexity index is 978. The first kappa shape index (κ1) is 17.6. The van der Waals surface area contributed by atoms with E-state index < -0.39 is 0 Å². The minimum Gasteiger partial charge on any atom is -0.317 e. The third kappa shape index (κ3) is 3.74. The van der Waals surface area contributed by atoms with Gasteiger partial charge in [0.05, 0.1) is 16.6 Å². The molecule has 0 unspecified atom stereocenters. The average Bonchev–Trinajstić information content (AvgIpc) is 2.91. The molecule has 4 heteroatoms. The van der Waals surface area contributed by atoms with Crippen molar-refractivity contribution in [3.8, 4) is 0 Å². The van der Waals surface area contributed by atoms with Gasteiger partial charge in [0.25, 0.3) is 5.91 Å². The molecule has 1 aromatic heterocycles. The Balaban J connectivity index is 1.95. The number of hydrogen-bond acceptors (Lipinski definition) is 2. The van der Waals surface area contributed by atoms with Crippen LogP contribution >= 0.6 is 11.3 Å². The second-order valence-corrected chi connectivity index (χ2v) is 7.39. The molecule has 0 aliphatic heterocycles. The van der Waals surface area contributed by atoms with Gasteiger partial charge in [-0.05, 0) is 61.6 Å². The number of aryl methyl sites for hydroxylation is 4. The highest BCUT2D eigenvalue weighted by molar-refractivity contribution is 7.16. The summed E-state index contributed by atoms with van der Waals surface area (Å²) in [6, 6.07) is 12.6. The summed E-state index contributed by atoms with van der Waals surface area (Å²) in [5.74, 6) is -0.0913. The number of carbonyl (C=O) groups excluding carboxylic acids is 1. The van der Waals surface area contributed by atoms with Crippen LogP contribution in [0.2, 0.25) is 0 Å². The second-order valence-electron chi connectivity index (χ2n) is 6.39. The molecule has 0 atom stereocenters. The lowest BCUT2D eigenvalue weighted by molar-refractivity contribution is -0.117. The van der Waals surface area contributed by atoms with Gasteiger partial charge in [-0.1, -0.05) is 42.5 Å². The summed E-state index contributed by atoms with van der Waals surface area (Å²) in [7, 11) is 0. The quantitative estimate of drug-likeness (QED) is 0.677. The summed E-state index contributed by atoms with van der Waals surface area (Å²) >= 11 is 1.59. The standard InChI is InChI=1S/C21H24N2OS/c1-5-16-7-9-17(10-8-16)13-20(24)22-21-23(6-2)18-11-14(3)15(4)12-19(18)25-21/h7-12H,5-6,13H2,1-4H3. The van der Waals surface area contributed by atoms with Crippen molar-refractivity contribution in [2.75, 3.05) is 0 Å². The minimum absolute atomic E-state index is 0.0913. The normalized spacial score (nSPS) is 12.1. The van der Waals surface area contributed by atoms with Gasteiger partial charge >= 0.3 is 0 Å². The lowest BCUT2D eigenvalue weighted by Crippen LogP contribution is -2.16. The van der Waals surface area contributed by atoms with E-state index in [2.05, 4.69) is 61.5 Å². The molecule has 0 fully saturated rings. The van der Waals surface area contributed by atoms with Crippen LogP contribution in [0.5, 0.6) is 0 Å². The molecule has 3 nitrogen and oxygen atoms in total. The molecule has 0 spiro atoms. The summed E-state index contributed by atoms with van der Waals surface area (Å²) in [5, 5.41) is 0. The molecule has 3 rings (SSSR count). The molecular formula is C21H24N2OS. The number of carbonyl (C=O) groups is 1. The van der Waals surface area contributed by atoms with Gasteiger partial charge in [-0.3, -0.25) is 4.79 Å². The van der Waals surface area contributed by atoms with Crippen LogP contribution in [0, 0.1) is 13.8 Å². The zero-order valence-corrected chi connectivity index (χ0v) is 16.1. The third-order valence-corrected chi connectivity index (χ3v) is 5.66. The Morgan fingerprint density at radius 1 is 1.04 bits per heavy atom. The monoisotopic (exact) mass is 352 g/mol. The highest BCUT2D eigenvalue weighted by atomic mass is 32.1. The summed E-state index contributed by atoms with van der Waals surface area (Å²) in [6.45, 7) is 9.26. The number of amides is 1. The molecule has 2 aromatic carbocycles. The van der Waals surface area contributed by atoms with Crippen LogP contribution < -0.4 is 4.80 Å². The highest BCUT2D eigenvalue weighted by Gasteiger charge is 2.09. The molecule has 0 aliphatic carbocycles. The molecule has 25 heavy (non-hydrogen) atoms. The molecule has 1 amide bonds. The number of rotatable bonds is 4. The smallest absolute Gasteiger partial charge is 0.252 e. The van der Waals surface area contributed by atoms with Gasteiger partial charge in [0, 0.05) is 6.54 Å². The molecule has 0 saturated carbocycles. The van der Waals surface area contributed by atoms with Gasteiger partial charge in [-0.15, -0.1) is 0 Å². The Morgan fingerprint density at radius 3 is 2.32 bits per heavy atom. The lowest BCUT2D eigenvalue weighted by Gasteiger charge is -2.03. The van der Waals surface area contributed by atoms with Crippen molar-refractivity contribution in [1.29, 1.82) is 0 Å². The van der Waals surface area contributed by atoms with E-state index >= 15 is 0 Å². The predicted octanol–water partition coefficient (Wildman–Crippen LogP) is 4.57. The van der Waals surface area contributed by atoms with Gasteiger partial charge < -0.3 is 4.57 Å². The zero-order chi connectivity index (χ0) is 18.0. The van der Waals surface area contributed by atoms with Crippen molar-refractivity contribution in [1.82, 2.24) is 4.57 Å². The second kappa shape index (κ2) is 7.36. The lowest BCUT2D eigenvalue weighted by atomic mass is 10.1. The number of nitrogens with zero attached hydrogens (tertiary/aromatic N) is 2. The molecule has 0 radical (unpaired) electrons. The van der Waals surface area contributed by atoms with Crippen LogP contribution in [0.15, 0.2) is 41.4 Å². The first-order valence-electron chi connectivity index (χ1n) is 8.77. The third-order valence-electron chi connectivity index (χ3n) is 4.62. The maximum atomic E-state index is 12.4. The summed E-state index contributed by atoms with van der Waals surface area (Å²) in [5.41, 5.74) is 6.00. The van der Waals surface area contributed by atoms with Gasteiger partial charge in [-0.25, -0.2) is 0 Å². The van der Waals surface area contributed by atoms with Gasteiger partial charge in [0.15, 0.2) is 4.80 Å². The van der Waals surface area contributed by atoms with Crippen LogP contribution in [-0.4, -0.2) is 10.5 Å². The maximum absolute atomic E-state index is 12.4. The molecular weight excluding hydrogens is 328 g/mol. The van der Waals surface area contributed by atoms with Crippen LogP contribution in [-0.2, 0) is 24.2 Å². The van der Waals surface area contributed by atoms with Gasteiger partial charge in [0.2, 0.25) is 0 Å². The predicted molar refractivity (Wildman–Crippen MR) is 105 cm³/mol. The fourth-order valence-corrected chi connectivity index (χ4v) is 4.12. The number of aromatic nitrogens is 1. The minimum atomic E-state index is -0.0913. The summed E-state index contributed by atoms with van der Waals surface area (Å²) < 4.78 is 3.31. The Kier molecular flexibility index (Phi) is 5.19. The van der Waals surface area contributed by atoms with E-state index in [1.165, 1.54) is 21.4 Å². The fraction of sp³-hybridized carbons (Fsp3) is 0.333. The SMILES string of the molecule is CCc1ccc(CC(=O)N=c2sc3cc(C)c(C)cc3n2CC)cc1. The number of fused-ring (bicyclic) bond motifs is 1. The molecule has 130 valence electrons. The van der Waals surface area contributed by atoms with Crippen LogP contribution in [0.3, 0.4) is 0 Å². The first-order chi connectivity index (χ1) is 12.0. The summed E-state index contributed by atoms with van der Waals surface area (Å²) in [4.78, 5) is 17.6. The Morgan fingerprint density at radius 2 is 1.68 bits per heavy atom. The van der Waals surface area contributed by atoms with Crippen molar-refractivity contribution < 1.29 is 4.79 Å². The Labute approximate surface area is 152 Å². The zero-order valence-electron chi connectivity index (χ0n) is 15.3. The van der Waals surface area contributed by atoms with Crippen molar-refractivity contribution in [2.45, 2.75) is 47.1 Å². The van der Waals surface area contributed by atoms with Crippen molar-refractivity contribution in [3.63, 3.8) is 0 Å². The molecule has 1 heterocycles. The maximum Gasteiger partial charge on any atom is 0.252 e. The molecule has 0 bridgehead atoms. The van der Waals surface area contributed by atoms with Crippen molar-refractivity contribution >= 4 is 27.5 Å². The Hall–Kier alpha value is -2.20. The van der Waals surface area contributed by atoms with Crippen molar-refractivity contribution in [3.05, 3.63) is 63.5 Å². The van der Waals surface area contributed by atoms with E-state index in [1.807, 2.05) is 12.1 Å². The number of benzene rings is 2. The fourth-order valence-electron chi connectivity index (χ4n) is 2.93. The van der Waals surface area contributed by atoms with Crippen LogP contribution in [0.25, 0.3) is 10.2 Å². The van der Waals surface area contributed by atoms with E-state index in [1.54, 1.807) is 11.3 Å².